The Balaban J connectivity index is 1.42. The van der Waals surface area contributed by atoms with Crippen LogP contribution in [0.4, 0.5) is 0 Å². The molecule has 1 aliphatic carbocycles. The second-order valence-corrected chi connectivity index (χ2v) is 8.22. The van der Waals surface area contributed by atoms with Crippen molar-refractivity contribution >= 4 is 41.2 Å². The van der Waals surface area contributed by atoms with Crippen molar-refractivity contribution < 1.29 is 19.1 Å². The molecule has 0 aromatic heterocycles. The number of nitrogens with one attached hydrogen (secondary N) is 1. The minimum absolute atomic E-state index is 0.199. The first-order valence-electron chi connectivity index (χ1n) is 10.3. The van der Waals surface area contributed by atoms with E-state index >= 15 is 0 Å². The van der Waals surface area contributed by atoms with Crippen LogP contribution in [0.2, 0.25) is 10.0 Å². The summed E-state index contributed by atoms with van der Waals surface area (Å²) in [5.41, 5.74) is 1.52. The van der Waals surface area contributed by atoms with E-state index in [0.717, 1.165) is 36.8 Å². The molecule has 0 heterocycles. The Bertz CT molecular complexity index is 901. The molecule has 0 aliphatic heterocycles. The highest BCUT2D eigenvalue weighted by atomic mass is 35.5. The lowest BCUT2D eigenvalue weighted by molar-refractivity contribution is -0.144. The maximum absolute atomic E-state index is 11.9. The zero-order valence-electron chi connectivity index (χ0n) is 17.1. The average molecular weight is 462 g/mol. The van der Waals surface area contributed by atoms with Crippen molar-refractivity contribution in [1.29, 1.82) is 0 Å². The Morgan fingerprint density at radius 2 is 1.68 bits per heavy atom. The van der Waals surface area contributed by atoms with Gasteiger partial charge in [0.1, 0.15) is 12.4 Å². The molecule has 0 atom stereocenters. The summed E-state index contributed by atoms with van der Waals surface area (Å²) in [5, 5.41) is 4.02. The van der Waals surface area contributed by atoms with E-state index in [0.29, 0.717) is 15.8 Å². The van der Waals surface area contributed by atoms with Gasteiger partial charge in [-0.15, -0.1) is 0 Å². The SMILES string of the molecule is O=C(COC(=O)/C=C/c1ccc(OCc2c(Cl)cccc2Cl)cc1)NC1CCCCC1. The molecule has 31 heavy (non-hydrogen) atoms. The van der Waals surface area contributed by atoms with Gasteiger partial charge in [-0.2, -0.15) is 0 Å². The Morgan fingerprint density at radius 1 is 1.00 bits per heavy atom. The van der Waals surface area contributed by atoms with E-state index in [9.17, 15) is 9.59 Å². The molecule has 1 amide bonds. The maximum Gasteiger partial charge on any atom is 0.331 e. The third-order valence-corrected chi connectivity index (χ3v) is 5.76. The maximum atomic E-state index is 11.9. The molecule has 2 aromatic rings. The minimum Gasteiger partial charge on any atom is -0.489 e. The van der Waals surface area contributed by atoms with Crippen LogP contribution in [0.3, 0.4) is 0 Å². The number of carbonyl (C=O) groups excluding carboxylic acids is 2. The molecule has 2 aromatic carbocycles. The zero-order valence-corrected chi connectivity index (χ0v) is 18.6. The van der Waals surface area contributed by atoms with E-state index in [1.807, 2.05) is 12.1 Å². The fraction of sp³-hybridized carbons (Fsp3) is 0.333. The molecule has 1 saturated carbocycles. The summed E-state index contributed by atoms with van der Waals surface area (Å²) in [7, 11) is 0. The van der Waals surface area contributed by atoms with E-state index in [2.05, 4.69) is 5.32 Å². The van der Waals surface area contributed by atoms with Crippen molar-refractivity contribution in [2.45, 2.75) is 44.8 Å². The monoisotopic (exact) mass is 461 g/mol. The standard InChI is InChI=1S/C24H25Cl2NO4/c25-21-7-4-8-22(26)20(21)15-30-19-12-9-17(10-13-19)11-14-24(29)31-16-23(28)27-18-5-2-1-3-6-18/h4,7-14,18H,1-3,5-6,15-16H2,(H,27,28)/b14-11+. The summed E-state index contributed by atoms with van der Waals surface area (Å²) in [6, 6.07) is 12.7. The van der Waals surface area contributed by atoms with Crippen LogP contribution in [0.1, 0.15) is 43.2 Å². The van der Waals surface area contributed by atoms with Crippen molar-refractivity contribution in [3.8, 4) is 5.75 Å². The lowest BCUT2D eigenvalue weighted by Gasteiger charge is -2.22. The highest BCUT2D eigenvalue weighted by Gasteiger charge is 2.16. The van der Waals surface area contributed by atoms with Gasteiger partial charge in [0.2, 0.25) is 0 Å². The van der Waals surface area contributed by atoms with Crippen LogP contribution >= 0.6 is 23.2 Å². The Hall–Kier alpha value is -2.50. The van der Waals surface area contributed by atoms with Crippen LogP contribution in [0.15, 0.2) is 48.5 Å². The van der Waals surface area contributed by atoms with Crippen LogP contribution in [0, 0.1) is 0 Å². The molecule has 0 saturated heterocycles. The molecular weight excluding hydrogens is 437 g/mol. The van der Waals surface area contributed by atoms with Gasteiger partial charge in [0.25, 0.3) is 5.91 Å². The molecule has 0 spiro atoms. The van der Waals surface area contributed by atoms with Crippen molar-refractivity contribution in [3.63, 3.8) is 0 Å². The molecule has 164 valence electrons. The van der Waals surface area contributed by atoms with Gasteiger partial charge in [0, 0.05) is 27.7 Å². The van der Waals surface area contributed by atoms with Gasteiger partial charge in [0.15, 0.2) is 6.61 Å². The first kappa shape index (κ1) is 23.2. The Kier molecular flexibility index (Phi) is 8.80. The first-order valence-corrected chi connectivity index (χ1v) is 11.1. The molecule has 1 N–H and O–H groups in total. The van der Waals surface area contributed by atoms with Gasteiger partial charge < -0.3 is 14.8 Å². The van der Waals surface area contributed by atoms with E-state index < -0.39 is 5.97 Å². The van der Waals surface area contributed by atoms with Gasteiger partial charge >= 0.3 is 5.97 Å². The second-order valence-electron chi connectivity index (χ2n) is 7.40. The number of ether oxygens (including phenoxy) is 2. The number of hydrogen-bond donors (Lipinski definition) is 1. The normalized spacial score (nSPS) is 14.4. The quantitative estimate of drug-likeness (QED) is 0.411. The molecule has 1 aliphatic rings. The summed E-state index contributed by atoms with van der Waals surface area (Å²) in [5.74, 6) is -0.170. The number of hydrogen-bond acceptors (Lipinski definition) is 4. The van der Waals surface area contributed by atoms with Crippen molar-refractivity contribution in [3.05, 3.63) is 69.7 Å². The molecular formula is C24H25Cl2NO4. The fourth-order valence-electron chi connectivity index (χ4n) is 3.37. The topological polar surface area (TPSA) is 64.6 Å². The average Bonchev–Trinajstić information content (AvgIpc) is 2.77. The van der Waals surface area contributed by atoms with E-state index in [-0.39, 0.29) is 25.2 Å². The van der Waals surface area contributed by atoms with Crippen LogP contribution in [-0.4, -0.2) is 24.5 Å². The third kappa shape index (κ3) is 7.60. The van der Waals surface area contributed by atoms with E-state index in [4.69, 9.17) is 32.7 Å². The number of rotatable bonds is 8. The van der Waals surface area contributed by atoms with E-state index in [1.165, 1.54) is 12.5 Å². The summed E-state index contributed by atoms with van der Waals surface area (Å²) >= 11 is 12.3. The minimum atomic E-state index is -0.563. The molecule has 5 nitrogen and oxygen atoms in total. The third-order valence-electron chi connectivity index (χ3n) is 5.05. The van der Waals surface area contributed by atoms with Crippen molar-refractivity contribution in [1.82, 2.24) is 5.32 Å². The van der Waals surface area contributed by atoms with Gasteiger partial charge in [-0.1, -0.05) is 60.7 Å². The highest BCUT2D eigenvalue weighted by Crippen LogP contribution is 2.26. The molecule has 0 radical (unpaired) electrons. The van der Waals surface area contributed by atoms with Crippen molar-refractivity contribution in [2.75, 3.05) is 6.61 Å². The first-order chi connectivity index (χ1) is 15.0. The van der Waals surface area contributed by atoms with Crippen LogP contribution < -0.4 is 10.1 Å². The fourth-order valence-corrected chi connectivity index (χ4v) is 3.87. The smallest absolute Gasteiger partial charge is 0.331 e. The van der Waals surface area contributed by atoms with Crippen molar-refractivity contribution in [2.24, 2.45) is 0 Å². The molecule has 1 fully saturated rings. The summed E-state index contributed by atoms with van der Waals surface area (Å²) < 4.78 is 10.7. The lowest BCUT2D eigenvalue weighted by Crippen LogP contribution is -2.38. The predicted molar refractivity (Wildman–Crippen MR) is 122 cm³/mol. The lowest BCUT2D eigenvalue weighted by atomic mass is 9.95. The zero-order chi connectivity index (χ0) is 22.1. The number of esters is 1. The number of amides is 1. The summed E-state index contributed by atoms with van der Waals surface area (Å²) in [6.07, 6.45) is 8.38. The molecule has 0 unspecified atom stereocenters. The molecule has 7 heteroatoms. The summed E-state index contributed by atoms with van der Waals surface area (Å²) in [6.45, 7) is -0.0139. The second kappa shape index (κ2) is 11.8. The number of carbonyl (C=O) groups is 2. The van der Waals surface area contributed by atoms with Gasteiger partial charge in [-0.05, 0) is 48.7 Å². The van der Waals surface area contributed by atoms with Crippen LogP contribution in [0.25, 0.3) is 6.08 Å². The summed E-state index contributed by atoms with van der Waals surface area (Å²) in [4.78, 5) is 23.8. The Labute approximate surface area is 192 Å². The van der Waals surface area contributed by atoms with E-state index in [1.54, 1.807) is 36.4 Å². The molecule has 3 rings (SSSR count). The Morgan fingerprint density at radius 3 is 2.35 bits per heavy atom. The molecule has 0 bridgehead atoms. The van der Waals surface area contributed by atoms with Gasteiger partial charge in [-0.3, -0.25) is 4.79 Å². The highest BCUT2D eigenvalue weighted by molar-refractivity contribution is 6.35. The number of halogens is 2. The predicted octanol–water partition coefficient (Wildman–Crippen LogP) is 5.58. The van der Waals surface area contributed by atoms with Gasteiger partial charge in [-0.25, -0.2) is 4.79 Å². The van der Waals surface area contributed by atoms with Crippen LogP contribution in [-0.2, 0) is 20.9 Å². The van der Waals surface area contributed by atoms with Crippen LogP contribution in [0.5, 0.6) is 5.75 Å². The number of benzene rings is 2. The largest absolute Gasteiger partial charge is 0.489 e. The van der Waals surface area contributed by atoms with Gasteiger partial charge in [0.05, 0.1) is 0 Å².